The van der Waals surface area contributed by atoms with Crippen LogP contribution in [-0.2, 0) is 20.6 Å². The molecule has 0 radical (unpaired) electrons. The lowest BCUT2D eigenvalue weighted by atomic mass is 9.78. The third kappa shape index (κ3) is 3.28. The molecular weight excluding hydrogens is 296 g/mol. The highest BCUT2D eigenvalue weighted by Gasteiger charge is 2.51. The maximum atomic E-state index is 14.3. The van der Waals surface area contributed by atoms with Gasteiger partial charge in [0, 0.05) is 18.0 Å². The van der Waals surface area contributed by atoms with Crippen molar-refractivity contribution < 1.29 is 18.5 Å². The van der Waals surface area contributed by atoms with E-state index in [1.165, 1.54) is 6.07 Å². The third-order valence-corrected chi connectivity index (χ3v) is 5.00. The van der Waals surface area contributed by atoms with E-state index in [1.54, 1.807) is 12.1 Å². The van der Waals surface area contributed by atoms with E-state index >= 15 is 0 Å². The zero-order chi connectivity index (χ0) is 16.8. The van der Waals surface area contributed by atoms with Crippen molar-refractivity contribution in [2.75, 3.05) is 0 Å². The Labute approximate surface area is 136 Å². The van der Waals surface area contributed by atoms with Crippen molar-refractivity contribution in [3.8, 4) is 0 Å². The molecular formula is C17H23BFNO3. The molecule has 6 heteroatoms. The second-order valence-corrected chi connectivity index (χ2v) is 7.43. The van der Waals surface area contributed by atoms with Crippen LogP contribution in [0.3, 0.4) is 0 Å². The molecule has 1 aromatic rings. The average molecular weight is 319 g/mol. The van der Waals surface area contributed by atoms with Gasteiger partial charge in [-0.3, -0.25) is 4.79 Å². The summed E-state index contributed by atoms with van der Waals surface area (Å²) in [5.74, 6) is -0.213. The van der Waals surface area contributed by atoms with Gasteiger partial charge in [0.1, 0.15) is 5.82 Å². The van der Waals surface area contributed by atoms with Gasteiger partial charge < -0.3 is 14.6 Å². The molecule has 0 atom stereocenters. The summed E-state index contributed by atoms with van der Waals surface area (Å²) in [5.41, 5.74) is 0.216. The summed E-state index contributed by atoms with van der Waals surface area (Å²) in [6, 6.07) is 4.91. The average Bonchev–Trinajstić information content (AvgIpc) is 3.25. The van der Waals surface area contributed by atoms with Crippen LogP contribution in [0.1, 0.15) is 46.1 Å². The van der Waals surface area contributed by atoms with Crippen molar-refractivity contribution in [2.45, 2.75) is 58.3 Å². The number of hydrogen-bond acceptors (Lipinski definition) is 3. The molecule has 1 aliphatic carbocycles. The largest absolute Gasteiger partial charge is 0.494 e. The zero-order valence-electron chi connectivity index (χ0n) is 14.1. The maximum absolute atomic E-state index is 14.3. The first-order valence-corrected chi connectivity index (χ1v) is 8.11. The molecule has 0 unspecified atom stereocenters. The van der Waals surface area contributed by atoms with Crippen LogP contribution in [0.5, 0.6) is 0 Å². The summed E-state index contributed by atoms with van der Waals surface area (Å²) in [4.78, 5) is 11.6. The van der Waals surface area contributed by atoms with Gasteiger partial charge in [0.25, 0.3) is 0 Å². The molecule has 0 bridgehead atoms. The summed E-state index contributed by atoms with van der Waals surface area (Å²) in [6.07, 6.45) is 1.88. The van der Waals surface area contributed by atoms with Crippen molar-refractivity contribution in [3.05, 3.63) is 29.6 Å². The Kier molecular flexibility index (Phi) is 4.01. The predicted octanol–water partition coefficient (Wildman–Crippen LogP) is 2.15. The van der Waals surface area contributed by atoms with Crippen LogP contribution in [0.15, 0.2) is 18.2 Å². The highest BCUT2D eigenvalue weighted by Crippen LogP contribution is 2.36. The lowest BCUT2D eigenvalue weighted by Crippen LogP contribution is -2.41. The van der Waals surface area contributed by atoms with Crippen LogP contribution in [0.25, 0.3) is 0 Å². The van der Waals surface area contributed by atoms with Crippen LogP contribution >= 0.6 is 0 Å². The van der Waals surface area contributed by atoms with Crippen molar-refractivity contribution >= 4 is 18.5 Å². The Morgan fingerprint density at radius 1 is 1.26 bits per heavy atom. The molecule has 3 rings (SSSR count). The maximum Gasteiger partial charge on any atom is 0.494 e. The van der Waals surface area contributed by atoms with Gasteiger partial charge in [-0.25, -0.2) is 4.39 Å². The number of hydrogen-bond donors (Lipinski definition) is 1. The van der Waals surface area contributed by atoms with Gasteiger partial charge in [0.15, 0.2) is 0 Å². The van der Waals surface area contributed by atoms with Gasteiger partial charge in [0.05, 0.1) is 11.2 Å². The van der Waals surface area contributed by atoms with Crippen molar-refractivity contribution in [1.29, 1.82) is 0 Å². The fourth-order valence-corrected chi connectivity index (χ4v) is 2.50. The Morgan fingerprint density at radius 3 is 2.39 bits per heavy atom. The number of carbonyl (C=O) groups excluding carboxylic acids is 1. The third-order valence-electron chi connectivity index (χ3n) is 5.00. The molecule has 4 nitrogen and oxygen atoms in total. The number of rotatable bonds is 4. The molecule has 23 heavy (non-hydrogen) atoms. The summed E-state index contributed by atoms with van der Waals surface area (Å²) in [6.45, 7) is 8.07. The minimum Gasteiger partial charge on any atom is -0.399 e. The smallest absolute Gasteiger partial charge is 0.399 e. The van der Waals surface area contributed by atoms with Gasteiger partial charge >= 0.3 is 7.12 Å². The highest BCUT2D eigenvalue weighted by atomic mass is 19.1. The second kappa shape index (κ2) is 5.60. The highest BCUT2D eigenvalue weighted by molar-refractivity contribution is 6.62. The number of nitrogens with one attached hydrogen (secondary N) is 1. The van der Waals surface area contributed by atoms with Crippen LogP contribution < -0.4 is 10.8 Å². The van der Waals surface area contributed by atoms with E-state index in [4.69, 9.17) is 9.31 Å². The topological polar surface area (TPSA) is 47.6 Å². The second-order valence-electron chi connectivity index (χ2n) is 7.43. The number of benzene rings is 1. The molecule has 2 aliphatic rings. The minimum atomic E-state index is -0.579. The van der Waals surface area contributed by atoms with Gasteiger partial charge in [0.2, 0.25) is 5.91 Å². The van der Waals surface area contributed by atoms with E-state index in [9.17, 15) is 9.18 Å². The van der Waals surface area contributed by atoms with Gasteiger partial charge in [-0.2, -0.15) is 0 Å². The van der Waals surface area contributed by atoms with E-state index in [1.807, 2.05) is 27.7 Å². The lowest BCUT2D eigenvalue weighted by Gasteiger charge is -2.32. The van der Waals surface area contributed by atoms with Crippen LogP contribution in [0.2, 0.25) is 0 Å². The quantitative estimate of drug-likeness (QED) is 0.865. The fourth-order valence-electron chi connectivity index (χ4n) is 2.50. The molecule has 2 fully saturated rings. The van der Waals surface area contributed by atoms with Gasteiger partial charge in [-0.05, 0) is 52.1 Å². The summed E-state index contributed by atoms with van der Waals surface area (Å²) in [7, 11) is -0.579. The Hall–Kier alpha value is -1.40. The number of carbonyl (C=O) groups is 1. The van der Waals surface area contributed by atoms with E-state index < -0.39 is 18.3 Å². The van der Waals surface area contributed by atoms with E-state index in [0.29, 0.717) is 11.0 Å². The van der Waals surface area contributed by atoms with Crippen LogP contribution in [0.4, 0.5) is 4.39 Å². The van der Waals surface area contributed by atoms with E-state index in [2.05, 4.69) is 5.32 Å². The Balaban J connectivity index is 1.68. The molecule has 1 heterocycles. The normalized spacial score (nSPS) is 22.2. The minimum absolute atomic E-state index is 0.0134. The standard InChI is InChI=1S/C17H23BFNO3/c1-16(2)17(3,4)23-18(22-16)13-8-7-12(14(19)9-13)10-20-15(21)11-5-6-11/h7-9,11H,5-6,10H2,1-4H3,(H,20,21). The van der Waals surface area contributed by atoms with Crippen LogP contribution in [0, 0.1) is 11.7 Å². The molecule has 1 saturated heterocycles. The first-order valence-electron chi connectivity index (χ1n) is 8.11. The Bertz CT molecular complexity index is 612. The zero-order valence-corrected chi connectivity index (χ0v) is 14.1. The first-order chi connectivity index (χ1) is 10.7. The molecule has 1 saturated carbocycles. The SMILES string of the molecule is CC1(C)OB(c2ccc(CNC(=O)C3CC3)c(F)c2)OC1(C)C. The molecule has 0 aromatic heterocycles. The molecule has 1 amide bonds. The van der Waals surface area contributed by atoms with Crippen molar-refractivity contribution in [1.82, 2.24) is 5.32 Å². The van der Waals surface area contributed by atoms with Crippen LogP contribution in [-0.4, -0.2) is 24.2 Å². The molecule has 1 aromatic carbocycles. The molecule has 124 valence electrons. The van der Waals surface area contributed by atoms with E-state index in [0.717, 1.165) is 12.8 Å². The van der Waals surface area contributed by atoms with E-state index in [-0.39, 0.29) is 24.2 Å². The predicted molar refractivity (Wildman–Crippen MR) is 86.7 cm³/mol. The van der Waals surface area contributed by atoms with Crippen molar-refractivity contribution in [3.63, 3.8) is 0 Å². The summed E-state index contributed by atoms with van der Waals surface area (Å²) < 4.78 is 26.1. The lowest BCUT2D eigenvalue weighted by molar-refractivity contribution is -0.122. The van der Waals surface area contributed by atoms with Crippen molar-refractivity contribution in [2.24, 2.45) is 5.92 Å². The van der Waals surface area contributed by atoms with Gasteiger partial charge in [-0.15, -0.1) is 0 Å². The number of amides is 1. The fraction of sp³-hybridized carbons (Fsp3) is 0.588. The summed E-state index contributed by atoms with van der Waals surface area (Å²) >= 11 is 0. The first kappa shape index (κ1) is 16.5. The summed E-state index contributed by atoms with van der Waals surface area (Å²) in [5, 5.41) is 2.78. The molecule has 0 spiro atoms. The van der Waals surface area contributed by atoms with Gasteiger partial charge in [-0.1, -0.05) is 12.1 Å². The monoisotopic (exact) mass is 319 g/mol. The Morgan fingerprint density at radius 2 is 1.87 bits per heavy atom. The molecule has 1 N–H and O–H groups in total. The number of halogens is 1. The molecule has 1 aliphatic heterocycles.